The van der Waals surface area contributed by atoms with E-state index in [9.17, 15) is 4.79 Å². The van der Waals surface area contributed by atoms with Gasteiger partial charge >= 0.3 is 5.97 Å². The number of hydrogen-bond acceptors (Lipinski definition) is 5. The topological polar surface area (TPSA) is 75.1 Å². The maximum atomic E-state index is 11.0. The van der Waals surface area contributed by atoms with Crippen LogP contribution in [0.5, 0.6) is 0 Å². The molecule has 3 rings (SSSR count). The first-order valence-electron chi connectivity index (χ1n) is 6.81. The van der Waals surface area contributed by atoms with Crippen LogP contribution in [0.1, 0.15) is 30.7 Å². The Labute approximate surface area is 121 Å². The first-order valence-corrected chi connectivity index (χ1v) is 7.62. The van der Waals surface area contributed by atoms with Crippen molar-refractivity contribution >= 4 is 33.3 Å². The molecule has 106 valence electrons. The van der Waals surface area contributed by atoms with Crippen molar-refractivity contribution in [3.8, 4) is 0 Å². The van der Waals surface area contributed by atoms with E-state index in [1.165, 1.54) is 23.2 Å². The van der Waals surface area contributed by atoms with Gasteiger partial charge < -0.3 is 10.4 Å². The molecule has 0 spiro atoms. The van der Waals surface area contributed by atoms with Crippen molar-refractivity contribution in [1.29, 1.82) is 0 Å². The van der Waals surface area contributed by atoms with Gasteiger partial charge in [0.15, 0.2) is 0 Å². The highest BCUT2D eigenvalue weighted by Gasteiger charge is 2.24. The highest BCUT2D eigenvalue weighted by Crippen LogP contribution is 2.39. The summed E-state index contributed by atoms with van der Waals surface area (Å²) in [4.78, 5) is 21.9. The number of carbonyl (C=O) groups is 1. The van der Waals surface area contributed by atoms with E-state index in [1.807, 2.05) is 0 Å². The quantitative estimate of drug-likeness (QED) is 0.909. The fourth-order valence-electron chi connectivity index (χ4n) is 2.65. The Hall–Kier alpha value is -1.69. The third kappa shape index (κ3) is 2.24. The first-order chi connectivity index (χ1) is 9.56. The Balaban J connectivity index is 2.07. The van der Waals surface area contributed by atoms with Crippen molar-refractivity contribution in [3.63, 3.8) is 0 Å². The van der Waals surface area contributed by atoms with Gasteiger partial charge in [0.1, 0.15) is 23.0 Å². The van der Waals surface area contributed by atoms with Crippen LogP contribution in [-0.2, 0) is 17.6 Å². The van der Waals surface area contributed by atoms with Crippen molar-refractivity contribution in [2.45, 2.75) is 39.2 Å². The monoisotopic (exact) mass is 291 g/mol. The summed E-state index contributed by atoms with van der Waals surface area (Å²) >= 11 is 1.71. The van der Waals surface area contributed by atoms with Gasteiger partial charge in [0.05, 0.1) is 5.39 Å². The molecule has 0 aromatic carbocycles. The molecule has 6 heteroatoms. The highest BCUT2D eigenvalue weighted by atomic mass is 32.1. The number of nitrogens with zero attached hydrogens (tertiary/aromatic N) is 2. The number of fused-ring (bicyclic) bond motifs is 3. The standard InChI is InChI=1S/C14H17N3O2S/c1-7-3-4-9-10(5-7)20-13-11(9)12(15-6-16-13)17-8(2)14(18)19/h6-8H,3-5H2,1-2H3,(H,18,19)(H,15,16,17). The zero-order valence-corrected chi connectivity index (χ0v) is 12.3. The molecule has 2 unspecified atom stereocenters. The number of hydrogen-bond donors (Lipinski definition) is 2. The second-order valence-electron chi connectivity index (χ2n) is 5.46. The van der Waals surface area contributed by atoms with Crippen LogP contribution in [0.25, 0.3) is 10.2 Å². The molecule has 0 radical (unpaired) electrons. The van der Waals surface area contributed by atoms with E-state index in [2.05, 4.69) is 22.2 Å². The van der Waals surface area contributed by atoms with Gasteiger partial charge in [0.25, 0.3) is 0 Å². The molecule has 2 aromatic heterocycles. The second-order valence-corrected chi connectivity index (χ2v) is 6.54. The molecule has 0 aliphatic heterocycles. The van der Waals surface area contributed by atoms with Crippen molar-refractivity contribution in [1.82, 2.24) is 9.97 Å². The van der Waals surface area contributed by atoms with Crippen LogP contribution in [0.15, 0.2) is 6.33 Å². The van der Waals surface area contributed by atoms with E-state index in [-0.39, 0.29) is 0 Å². The fourth-order valence-corrected chi connectivity index (χ4v) is 4.00. The fraction of sp³-hybridized carbons (Fsp3) is 0.500. The third-order valence-corrected chi connectivity index (χ3v) is 4.98. The van der Waals surface area contributed by atoms with Crippen LogP contribution >= 0.6 is 11.3 Å². The van der Waals surface area contributed by atoms with Crippen LogP contribution in [0, 0.1) is 5.92 Å². The molecule has 1 aliphatic rings. The minimum Gasteiger partial charge on any atom is -0.480 e. The molecule has 2 aromatic rings. The number of carboxylic acids is 1. The first kappa shape index (κ1) is 13.3. The lowest BCUT2D eigenvalue weighted by Gasteiger charge is -2.18. The van der Waals surface area contributed by atoms with Gasteiger partial charge in [-0.25, -0.2) is 9.97 Å². The van der Waals surface area contributed by atoms with Gasteiger partial charge in [-0.15, -0.1) is 11.3 Å². The van der Waals surface area contributed by atoms with Gasteiger partial charge in [-0.3, -0.25) is 4.79 Å². The SMILES string of the molecule is CC1CCc2c(sc3ncnc(NC(C)C(=O)O)c23)C1. The molecule has 2 atom stereocenters. The van der Waals surface area contributed by atoms with Crippen molar-refractivity contribution in [2.24, 2.45) is 5.92 Å². The zero-order valence-electron chi connectivity index (χ0n) is 11.5. The van der Waals surface area contributed by atoms with Gasteiger partial charge in [-0.2, -0.15) is 0 Å². The summed E-state index contributed by atoms with van der Waals surface area (Å²) in [7, 11) is 0. The molecule has 5 nitrogen and oxygen atoms in total. The number of anilines is 1. The molecule has 0 amide bonds. The predicted molar refractivity (Wildman–Crippen MR) is 79.3 cm³/mol. The van der Waals surface area contributed by atoms with Crippen molar-refractivity contribution in [3.05, 3.63) is 16.8 Å². The van der Waals surface area contributed by atoms with E-state index in [4.69, 9.17) is 5.11 Å². The van der Waals surface area contributed by atoms with Gasteiger partial charge in [0.2, 0.25) is 0 Å². The normalized spacial score (nSPS) is 19.6. The summed E-state index contributed by atoms with van der Waals surface area (Å²) in [5, 5.41) is 13.0. The van der Waals surface area contributed by atoms with Gasteiger partial charge in [0, 0.05) is 4.88 Å². The Kier molecular flexibility index (Phi) is 3.33. The van der Waals surface area contributed by atoms with Crippen molar-refractivity contribution < 1.29 is 9.90 Å². The summed E-state index contributed by atoms with van der Waals surface area (Å²) in [5.74, 6) is 0.476. The molecule has 2 N–H and O–H groups in total. The van der Waals surface area contributed by atoms with Crippen LogP contribution in [0.3, 0.4) is 0 Å². The number of aromatic nitrogens is 2. The molecule has 0 saturated carbocycles. The molecular formula is C14H17N3O2S. The minimum atomic E-state index is -0.880. The Morgan fingerprint density at radius 3 is 3.10 bits per heavy atom. The maximum Gasteiger partial charge on any atom is 0.325 e. The lowest BCUT2D eigenvalue weighted by atomic mass is 9.89. The average Bonchev–Trinajstić information content (AvgIpc) is 2.76. The molecule has 20 heavy (non-hydrogen) atoms. The van der Waals surface area contributed by atoms with E-state index in [0.29, 0.717) is 11.7 Å². The zero-order chi connectivity index (χ0) is 14.3. The molecular weight excluding hydrogens is 274 g/mol. The molecule has 2 heterocycles. The van der Waals surface area contributed by atoms with Crippen LogP contribution in [0.2, 0.25) is 0 Å². The highest BCUT2D eigenvalue weighted by molar-refractivity contribution is 7.19. The van der Waals surface area contributed by atoms with Gasteiger partial charge in [-0.05, 0) is 37.7 Å². The number of carboxylic acid groups (broad SMARTS) is 1. The third-order valence-electron chi connectivity index (χ3n) is 3.82. The Bertz CT molecular complexity index is 668. The molecule has 0 fully saturated rings. The Morgan fingerprint density at radius 1 is 1.55 bits per heavy atom. The number of rotatable bonds is 3. The van der Waals surface area contributed by atoms with E-state index < -0.39 is 12.0 Å². The van der Waals surface area contributed by atoms with Crippen LogP contribution in [-0.4, -0.2) is 27.1 Å². The van der Waals surface area contributed by atoms with E-state index in [1.54, 1.807) is 18.3 Å². The number of nitrogens with one attached hydrogen (secondary N) is 1. The summed E-state index contributed by atoms with van der Waals surface area (Å²) in [6.07, 6.45) is 4.79. The smallest absolute Gasteiger partial charge is 0.325 e. The average molecular weight is 291 g/mol. The summed E-state index contributed by atoms with van der Waals surface area (Å²) < 4.78 is 0. The lowest BCUT2D eigenvalue weighted by molar-refractivity contribution is -0.137. The predicted octanol–water partition coefficient (Wildman–Crippen LogP) is 2.70. The molecule has 1 aliphatic carbocycles. The van der Waals surface area contributed by atoms with Crippen LogP contribution in [0.4, 0.5) is 5.82 Å². The largest absolute Gasteiger partial charge is 0.480 e. The van der Waals surface area contributed by atoms with Crippen molar-refractivity contribution in [2.75, 3.05) is 5.32 Å². The maximum absolute atomic E-state index is 11.0. The summed E-state index contributed by atoms with van der Waals surface area (Å²) in [5.41, 5.74) is 1.31. The second kappa shape index (κ2) is 5.01. The number of thiophene rings is 1. The molecule has 0 saturated heterocycles. The summed E-state index contributed by atoms with van der Waals surface area (Å²) in [6.45, 7) is 3.89. The van der Waals surface area contributed by atoms with E-state index in [0.717, 1.165) is 23.1 Å². The summed E-state index contributed by atoms with van der Waals surface area (Å²) in [6, 6.07) is -0.661. The van der Waals surface area contributed by atoms with Crippen LogP contribution < -0.4 is 5.32 Å². The lowest BCUT2D eigenvalue weighted by Crippen LogP contribution is -2.26. The number of aryl methyl sites for hydroxylation is 1. The van der Waals surface area contributed by atoms with E-state index >= 15 is 0 Å². The van der Waals surface area contributed by atoms with Gasteiger partial charge in [-0.1, -0.05) is 6.92 Å². The Morgan fingerprint density at radius 2 is 2.35 bits per heavy atom. The molecule has 0 bridgehead atoms. The number of aliphatic carboxylic acids is 1. The minimum absolute atomic E-state index is 0.650.